The van der Waals surface area contributed by atoms with E-state index in [1.807, 2.05) is 32.2 Å². The van der Waals surface area contributed by atoms with E-state index in [9.17, 15) is 13.2 Å². The van der Waals surface area contributed by atoms with Crippen LogP contribution >= 0.6 is 0 Å². The molecule has 2 aliphatic rings. The molecule has 2 aliphatic heterocycles. The fraction of sp³-hybridized carbons (Fsp3) is 0.393. The molecular weight excluding hydrogens is 474 g/mol. The summed E-state index contributed by atoms with van der Waals surface area (Å²) in [5, 5.41) is 5.19. The van der Waals surface area contributed by atoms with Gasteiger partial charge >= 0.3 is 5.97 Å². The van der Waals surface area contributed by atoms with Gasteiger partial charge in [0.15, 0.2) is 0 Å². The number of para-hydroxylation sites is 1. The van der Waals surface area contributed by atoms with Gasteiger partial charge in [0.05, 0.1) is 16.6 Å². The van der Waals surface area contributed by atoms with E-state index in [2.05, 4.69) is 9.88 Å². The van der Waals surface area contributed by atoms with Gasteiger partial charge in [-0.3, -0.25) is 0 Å². The molecule has 0 saturated carbocycles. The molecular formula is C28H31N3O4S. The Balaban J connectivity index is 1.71. The molecule has 2 bridgehead atoms. The number of aryl methyl sites for hydroxylation is 2. The highest BCUT2D eigenvalue weighted by Gasteiger charge is 2.40. The molecule has 2 aromatic carbocycles. The Bertz CT molecular complexity index is 1670. The van der Waals surface area contributed by atoms with Crippen LogP contribution in [0.2, 0.25) is 0 Å². The first-order valence-corrected chi connectivity index (χ1v) is 13.9. The molecule has 1 fully saturated rings. The summed E-state index contributed by atoms with van der Waals surface area (Å²) in [5.74, 6) is -0.615. The summed E-state index contributed by atoms with van der Waals surface area (Å²) in [5.41, 5.74) is 3.85. The zero-order chi connectivity index (χ0) is 25.6. The molecule has 1 saturated heterocycles. The average Bonchev–Trinajstić information content (AvgIpc) is 3.48. The first-order chi connectivity index (χ1) is 17.0. The molecule has 2 aromatic heterocycles. The average molecular weight is 506 g/mol. The molecule has 7 nitrogen and oxygen atoms in total. The minimum Gasteiger partial charge on any atom is -0.456 e. The van der Waals surface area contributed by atoms with E-state index >= 15 is 0 Å². The highest BCUT2D eigenvalue weighted by Crippen LogP contribution is 2.45. The van der Waals surface area contributed by atoms with Crippen molar-refractivity contribution in [1.29, 1.82) is 0 Å². The summed E-state index contributed by atoms with van der Waals surface area (Å²) in [4.78, 5) is 13.8. The van der Waals surface area contributed by atoms with Gasteiger partial charge in [-0.25, -0.2) is 17.2 Å². The predicted octanol–water partition coefficient (Wildman–Crippen LogP) is 4.98. The summed E-state index contributed by atoms with van der Waals surface area (Å²) in [6.45, 7) is 7.32. The number of carbonyl (C=O) groups excluding carboxylic acids is 1. The first-order valence-electron chi connectivity index (χ1n) is 12.4. The van der Waals surface area contributed by atoms with Gasteiger partial charge in [0.1, 0.15) is 10.5 Å². The lowest BCUT2D eigenvalue weighted by atomic mass is 9.95. The molecule has 188 valence electrons. The number of hydrogen-bond donors (Lipinski definition) is 1. The van der Waals surface area contributed by atoms with Gasteiger partial charge < -0.3 is 14.6 Å². The molecule has 4 aromatic rings. The summed E-state index contributed by atoms with van der Waals surface area (Å²) >= 11 is 0. The van der Waals surface area contributed by atoms with Gasteiger partial charge in [-0.15, -0.1) is 0 Å². The van der Waals surface area contributed by atoms with Crippen molar-refractivity contribution in [3.63, 3.8) is 0 Å². The Kier molecular flexibility index (Phi) is 4.98. The highest BCUT2D eigenvalue weighted by molar-refractivity contribution is 7.90. The number of aromatic nitrogens is 2. The van der Waals surface area contributed by atoms with Crippen LogP contribution < -0.4 is 5.32 Å². The lowest BCUT2D eigenvalue weighted by Crippen LogP contribution is -2.32. The fourth-order valence-corrected chi connectivity index (χ4v) is 7.73. The number of rotatable bonds is 3. The van der Waals surface area contributed by atoms with Crippen molar-refractivity contribution < 1.29 is 17.9 Å². The number of ether oxygens (including phenoxy) is 1. The number of carbonyl (C=O) groups is 1. The van der Waals surface area contributed by atoms with Crippen LogP contribution in [0.5, 0.6) is 0 Å². The van der Waals surface area contributed by atoms with Crippen molar-refractivity contribution in [3.8, 4) is 0 Å². The van der Waals surface area contributed by atoms with Gasteiger partial charge in [-0.2, -0.15) is 0 Å². The topological polar surface area (TPSA) is 82.3 Å². The number of benzene rings is 2. The third-order valence-electron chi connectivity index (χ3n) is 7.51. The van der Waals surface area contributed by atoms with Crippen LogP contribution in [0.3, 0.4) is 0 Å². The smallest absolute Gasteiger partial charge is 0.340 e. The van der Waals surface area contributed by atoms with Crippen molar-refractivity contribution >= 4 is 37.8 Å². The lowest BCUT2D eigenvalue weighted by molar-refractivity contribution is 0.00674. The molecule has 6 rings (SSSR count). The number of nitrogens with zero attached hydrogens (tertiary/aromatic N) is 2. The largest absolute Gasteiger partial charge is 0.456 e. The zero-order valence-corrected chi connectivity index (χ0v) is 22.1. The van der Waals surface area contributed by atoms with Crippen LogP contribution in [0.4, 0.5) is 0 Å². The van der Waals surface area contributed by atoms with E-state index in [1.54, 1.807) is 45.2 Å². The third-order valence-corrected chi connectivity index (χ3v) is 9.22. The number of fused-ring (bicyclic) bond motifs is 7. The van der Waals surface area contributed by atoms with Gasteiger partial charge in [-0.1, -0.05) is 18.2 Å². The minimum atomic E-state index is -4.11. The summed E-state index contributed by atoms with van der Waals surface area (Å²) in [6, 6.07) is 11.3. The lowest BCUT2D eigenvalue weighted by Gasteiger charge is -2.24. The first kappa shape index (κ1) is 23.3. The minimum absolute atomic E-state index is 0.0170. The van der Waals surface area contributed by atoms with E-state index in [1.165, 1.54) is 9.67 Å². The fourth-order valence-electron chi connectivity index (χ4n) is 6.10. The number of nitrogens with one attached hydrogen (secondary N) is 1. The van der Waals surface area contributed by atoms with E-state index in [4.69, 9.17) is 4.74 Å². The third kappa shape index (κ3) is 3.34. The molecule has 0 spiro atoms. The maximum Gasteiger partial charge on any atom is 0.340 e. The Labute approximate surface area is 211 Å². The van der Waals surface area contributed by atoms with Crippen molar-refractivity contribution in [2.75, 3.05) is 0 Å². The van der Waals surface area contributed by atoms with Crippen LogP contribution in [0, 0.1) is 6.92 Å². The van der Waals surface area contributed by atoms with Crippen LogP contribution in [-0.4, -0.2) is 34.6 Å². The molecule has 2 unspecified atom stereocenters. The monoisotopic (exact) mass is 505 g/mol. The second-order valence-corrected chi connectivity index (χ2v) is 12.9. The highest BCUT2D eigenvalue weighted by atomic mass is 32.2. The van der Waals surface area contributed by atoms with Gasteiger partial charge in [-0.05, 0) is 69.9 Å². The summed E-state index contributed by atoms with van der Waals surface area (Å²) in [6.07, 6.45) is 4.44. The van der Waals surface area contributed by atoms with E-state index in [0.29, 0.717) is 16.9 Å². The van der Waals surface area contributed by atoms with Crippen molar-refractivity contribution in [3.05, 3.63) is 65.0 Å². The Morgan fingerprint density at radius 2 is 1.89 bits per heavy atom. The molecule has 0 amide bonds. The second-order valence-electron chi connectivity index (χ2n) is 11.1. The predicted molar refractivity (Wildman–Crippen MR) is 140 cm³/mol. The Hall–Kier alpha value is -3.10. The molecule has 0 aliphatic carbocycles. The van der Waals surface area contributed by atoms with Gasteiger partial charge in [0.2, 0.25) is 0 Å². The van der Waals surface area contributed by atoms with Crippen LogP contribution in [-0.2, 0) is 28.2 Å². The van der Waals surface area contributed by atoms with Crippen LogP contribution in [0.25, 0.3) is 21.8 Å². The van der Waals surface area contributed by atoms with E-state index in [0.717, 1.165) is 41.3 Å². The standard InChI is InChI=1S/C28H31N3O4S/c1-16-14-22(36(33,34)31-13-12-17-8-6-7-9-20(17)31)24(27(32)35-28(2,3)4)25-23-19-11-10-18(29-19)15-21(23)30(5)26(16)25/h6-9,12-14,18-19,29H,10-11,15H2,1-5H3. The van der Waals surface area contributed by atoms with Crippen LogP contribution in [0.15, 0.2) is 47.5 Å². The Morgan fingerprint density at radius 1 is 1.14 bits per heavy atom. The molecule has 36 heavy (non-hydrogen) atoms. The molecule has 1 N–H and O–H groups in total. The molecule has 2 atom stereocenters. The zero-order valence-electron chi connectivity index (χ0n) is 21.3. The second kappa shape index (κ2) is 7.70. The van der Waals surface area contributed by atoms with E-state index < -0.39 is 21.6 Å². The van der Waals surface area contributed by atoms with Crippen molar-refractivity contribution in [1.82, 2.24) is 13.9 Å². The SMILES string of the molecule is Cc1cc(S(=O)(=O)n2ccc3ccccc32)c(C(=O)OC(C)(C)C)c2c3c(n(C)c12)CC1CCC3N1. The van der Waals surface area contributed by atoms with E-state index in [-0.39, 0.29) is 16.5 Å². The van der Waals surface area contributed by atoms with Gasteiger partial charge in [0, 0.05) is 48.2 Å². The molecule has 8 heteroatoms. The summed E-state index contributed by atoms with van der Waals surface area (Å²) < 4.78 is 37.8. The number of hydrogen-bond acceptors (Lipinski definition) is 5. The normalized spacial score (nSPS) is 19.7. The maximum atomic E-state index is 14.3. The Morgan fingerprint density at radius 3 is 2.64 bits per heavy atom. The quantitative estimate of drug-likeness (QED) is 0.397. The summed E-state index contributed by atoms with van der Waals surface area (Å²) in [7, 11) is -2.09. The van der Waals surface area contributed by atoms with Crippen molar-refractivity contribution in [2.24, 2.45) is 7.05 Å². The molecule has 4 heterocycles. The molecule has 0 radical (unpaired) electrons. The van der Waals surface area contributed by atoms with Crippen LogP contribution in [0.1, 0.15) is 66.8 Å². The maximum absolute atomic E-state index is 14.3. The van der Waals surface area contributed by atoms with Crippen molar-refractivity contribution in [2.45, 2.75) is 69.5 Å². The van der Waals surface area contributed by atoms with Gasteiger partial charge in [0.25, 0.3) is 10.0 Å². The number of esters is 1.